The molecule has 1 unspecified atom stereocenters. The molecule has 0 saturated carbocycles. The Kier molecular flexibility index (Phi) is 3.27. The number of nitrogens with one attached hydrogen (secondary N) is 1. The van der Waals surface area contributed by atoms with E-state index in [1.807, 2.05) is 0 Å². The highest BCUT2D eigenvalue weighted by atomic mass is 16.4. The van der Waals surface area contributed by atoms with Crippen molar-refractivity contribution in [3.8, 4) is 0 Å². The molecule has 1 atom stereocenters. The Hall–Kier alpha value is -2.71. The normalized spacial score (nSPS) is 12.3. The summed E-state index contributed by atoms with van der Waals surface area (Å²) in [6.45, 7) is 0. The molecule has 0 fully saturated rings. The molecule has 3 N–H and O–H groups in total. The Morgan fingerprint density at radius 2 is 2.16 bits per heavy atom. The Morgan fingerprint density at radius 3 is 2.79 bits per heavy atom. The molecule has 0 radical (unpaired) electrons. The van der Waals surface area contributed by atoms with E-state index >= 15 is 0 Å². The van der Waals surface area contributed by atoms with E-state index in [0.29, 0.717) is 11.0 Å². The first-order valence-corrected chi connectivity index (χ1v) is 5.33. The number of rotatable bonds is 5. The third-order valence-corrected chi connectivity index (χ3v) is 2.52. The van der Waals surface area contributed by atoms with E-state index in [-0.39, 0.29) is 5.82 Å². The fraction of sp³-hybridized carbons (Fsp3) is 0.300. The molecule has 2 heterocycles. The van der Waals surface area contributed by atoms with Gasteiger partial charge in [-0.05, 0) is 0 Å². The van der Waals surface area contributed by atoms with Gasteiger partial charge in [0.1, 0.15) is 18.2 Å². The molecule has 0 aliphatic carbocycles. The zero-order chi connectivity index (χ0) is 14.0. The molecule has 100 valence electrons. The number of aromatic nitrogens is 4. The zero-order valence-corrected chi connectivity index (χ0v) is 9.94. The van der Waals surface area contributed by atoms with Gasteiger partial charge in [0.05, 0.1) is 18.0 Å². The van der Waals surface area contributed by atoms with Crippen LogP contribution in [0.5, 0.6) is 0 Å². The van der Waals surface area contributed by atoms with Crippen LogP contribution >= 0.6 is 0 Å². The Labute approximate surface area is 106 Å². The van der Waals surface area contributed by atoms with Gasteiger partial charge in [0, 0.05) is 7.05 Å². The number of fused-ring (bicyclic) bond motifs is 1. The molecule has 9 heteroatoms. The summed E-state index contributed by atoms with van der Waals surface area (Å²) in [7, 11) is 1.69. The van der Waals surface area contributed by atoms with Crippen LogP contribution in [0.1, 0.15) is 6.42 Å². The van der Waals surface area contributed by atoms with Crippen LogP contribution in [0.3, 0.4) is 0 Å². The second-order valence-corrected chi connectivity index (χ2v) is 3.86. The SMILES string of the molecule is Cn1ncc2c(NC(CC(=O)O)C(=O)O)ncnc21. The number of anilines is 1. The first-order valence-electron chi connectivity index (χ1n) is 5.33. The average Bonchev–Trinajstić information content (AvgIpc) is 2.71. The number of carboxylic acid groups (broad SMARTS) is 2. The van der Waals surface area contributed by atoms with Crippen molar-refractivity contribution in [2.45, 2.75) is 12.5 Å². The Balaban J connectivity index is 2.33. The number of aliphatic carboxylic acids is 2. The second-order valence-electron chi connectivity index (χ2n) is 3.86. The monoisotopic (exact) mass is 265 g/mol. The molecule has 19 heavy (non-hydrogen) atoms. The maximum atomic E-state index is 11.0. The number of carboxylic acids is 2. The highest BCUT2D eigenvalue weighted by Crippen LogP contribution is 2.19. The van der Waals surface area contributed by atoms with E-state index < -0.39 is 24.4 Å². The Bertz CT molecular complexity index is 638. The Morgan fingerprint density at radius 1 is 1.42 bits per heavy atom. The quantitative estimate of drug-likeness (QED) is 0.671. The lowest BCUT2D eigenvalue weighted by Crippen LogP contribution is -2.32. The summed E-state index contributed by atoms with van der Waals surface area (Å²) in [5.41, 5.74) is 0.525. The van der Waals surface area contributed by atoms with Crippen molar-refractivity contribution in [2.24, 2.45) is 7.05 Å². The highest BCUT2D eigenvalue weighted by molar-refractivity contribution is 5.90. The van der Waals surface area contributed by atoms with Gasteiger partial charge in [-0.1, -0.05) is 0 Å². The lowest BCUT2D eigenvalue weighted by molar-refractivity contribution is -0.144. The predicted octanol–water partition coefficient (Wildman–Crippen LogP) is -0.297. The summed E-state index contributed by atoms with van der Waals surface area (Å²) in [4.78, 5) is 29.5. The van der Waals surface area contributed by atoms with Gasteiger partial charge >= 0.3 is 11.9 Å². The van der Waals surface area contributed by atoms with E-state index in [9.17, 15) is 9.59 Å². The van der Waals surface area contributed by atoms with Crippen LogP contribution in [0.15, 0.2) is 12.5 Å². The van der Waals surface area contributed by atoms with Crippen LogP contribution in [-0.2, 0) is 16.6 Å². The van der Waals surface area contributed by atoms with Crippen molar-refractivity contribution in [2.75, 3.05) is 5.32 Å². The first-order chi connectivity index (χ1) is 8.99. The molecule has 0 bridgehead atoms. The summed E-state index contributed by atoms with van der Waals surface area (Å²) in [6, 6.07) is -1.27. The van der Waals surface area contributed by atoms with Crippen molar-refractivity contribution in [1.29, 1.82) is 0 Å². The number of hydrogen-bond donors (Lipinski definition) is 3. The maximum Gasteiger partial charge on any atom is 0.326 e. The molecular formula is C10H11N5O4. The number of aryl methyl sites for hydroxylation is 1. The highest BCUT2D eigenvalue weighted by Gasteiger charge is 2.22. The van der Waals surface area contributed by atoms with Gasteiger partial charge in [-0.15, -0.1) is 0 Å². The topological polar surface area (TPSA) is 130 Å². The van der Waals surface area contributed by atoms with E-state index in [4.69, 9.17) is 10.2 Å². The lowest BCUT2D eigenvalue weighted by atomic mass is 10.2. The largest absolute Gasteiger partial charge is 0.481 e. The molecule has 0 aromatic carbocycles. The first kappa shape index (κ1) is 12.7. The zero-order valence-electron chi connectivity index (χ0n) is 9.94. The molecule has 2 aromatic heterocycles. The van der Waals surface area contributed by atoms with Crippen LogP contribution in [0, 0.1) is 0 Å². The summed E-state index contributed by atoms with van der Waals surface area (Å²) in [5.74, 6) is -2.24. The maximum absolute atomic E-state index is 11.0. The molecule has 0 saturated heterocycles. The summed E-state index contributed by atoms with van der Waals surface area (Å²) < 4.78 is 1.51. The van der Waals surface area contributed by atoms with Crippen molar-refractivity contribution in [3.63, 3.8) is 0 Å². The van der Waals surface area contributed by atoms with E-state index in [1.54, 1.807) is 7.05 Å². The van der Waals surface area contributed by atoms with Crippen molar-refractivity contribution < 1.29 is 19.8 Å². The molecule has 2 rings (SSSR count). The van der Waals surface area contributed by atoms with Crippen molar-refractivity contribution in [1.82, 2.24) is 19.7 Å². The van der Waals surface area contributed by atoms with Gasteiger partial charge in [-0.2, -0.15) is 5.10 Å². The summed E-state index contributed by atoms with van der Waals surface area (Å²) >= 11 is 0. The number of hydrogen-bond acceptors (Lipinski definition) is 6. The number of carbonyl (C=O) groups is 2. The molecule has 0 spiro atoms. The van der Waals surface area contributed by atoms with Crippen LogP contribution in [0.2, 0.25) is 0 Å². The molecule has 0 aliphatic heterocycles. The van der Waals surface area contributed by atoms with Crippen molar-refractivity contribution >= 4 is 28.8 Å². The fourth-order valence-electron chi connectivity index (χ4n) is 1.62. The third-order valence-electron chi connectivity index (χ3n) is 2.52. The van der Waals surface area contributed by atoms with Gasteiger partial charge in [0.15, 0.2) is 5.65 Å². The molecule has 0 aliphatic rings. The van der Waals surface area contributed by atoms with E-state index in [2.05, 4.69) is 20.4 Å². The van der Waals surface area contributed by atoms with Gasteiger partial charge < -0.3 is 15.5 Å². The van der Waals surface area contributed by atoms with Gasteiger partial charge in [-0.3, -0.25) is 9.48 Å². The summed E-state index contributed by atoms with van der Waals surface area (Å²) in [5, 5.41) is 24.7. The van der Waals surface area contributed by atoms with Gasteiger partial charge in [0.2, 0.25) is 0 Å². The van der Waals surface area contributed by atoms with Gasteiger partial charge in [-0.25, -0.2) is 14.8 Å². The minimum atomic E-state index is -1.27. The standard InChI is InChI=1S/C10H11N5O4/c1-15-9-5(3-13-15)8(11-4-12-9)14-6(10(18)19)2-7(16)17/h3-4,6H,2H2,1H3,(H,16,17)(H,18,19)(H,11,12,14). The molecule has 2 aromatic rings. The molecule has 0 amide bonds. The molecular weight excluding hydrogens is 254 g/mol. The summed E-state index contributed by atoms with van der Waals surface area (Å²) in [6.07, 6.45) is 2.18. The van der Waals surface area contributed by atoms with Crippen LogP contribution < -0.4 is 5.32 Å². The average molecular weight is 265 g/mol. The van der Waals surface area contributed by atoms with E-state index in [1.165, 1.54) is 17.2 Å². The minimum absolute atomic E-state index is 0.242. The second kappa shape index (κ2) is 4.88. The predicted molar refractivity (Wildman–Crippen MR) is 63.6 cm³/mol. The molecule has 9 nitrogen and oxygen atoms in total. The van der Waals surface area contributed by atoms with Crippen LogP contribution in [0.4, 0.5) is 5.82 Å². The van der Waals surface area contributed by atoms with Crippen LogP contribution in [0.25, 0.3) is 11.0 Å². The van der Waals surface area contributed by atoms with Crippen LogP contribution in [-0.4, -0.2) is 47.9 Å². The third kappa shape index (κ3) is 2.59. The minimum Gasteiger partial charge on any atom is -0.481 e. The van der Waals surface area contributed by atoms with E-state index in [0.717, 1.165) is 0 Å². The van der Waals surface area contributed by atoms with Gasteiger partial charge in [0.25, 0.3) is 0 Å². The van der Waals surface area contributed by atoms with Crippen molar-refractivity contribution in [3.05, 3.63) is 12.5 Å². The fourth-order valence-corrected chi connectivity index (χ4v) is 1.62. The lowest BCUT2D eigenvalue weighted by Gasteiger charge is -2.13. The smallest absolute Gasteiger partial charge is 0.326 e. The number of nitrogens with zero attached hydrogens (tertiary/aromatic N) is 4.